The second-order valence-corrected chi connectivity index (χ2v) is 5.81. The first-order valence-electron chi connectivity index (χ1n) is 8.18. The van der Waals surface area contributed by atoms with Crippen LogP contribution in [0, 0.1) is 6.92 Å². The molecular weight excluding hydrogens is 300 g/mol. The molecule has 3 aromatic rings. The van der Waals surface area contributed by atoms with Crippen molar-refractivity contribution in [3.8, 4) is 0 Å². The molecule has 0 unspecified atom stereocenters. The largest absolute Gasteiger partial charge is 0.352 e. The standard InChI is InChI=1S/C19H22N4O/c1-14-22-17-5-2-3-6-18(17)23(14)12-4-11-21-19(24)16-9-7-15(13-20)8-10-16/h2-3,5-10H,4,11-13,20H2,1H3,(H,21,24). The van der Waals surface area contributed by atoms with E-state index in [1.807, 2.05) is 49.4 Å². The number of benzene rings is 2. The molecular formula is C19H22N4O. The van der Waals surface area contributed by atoms with Crippen LogP contribution in [-0.4, -0.2) is 22.0 Å². The van der Waals surface area contributed by atoms with Crippen molar-refractivity contribution in [2.75, 3.05) is 6.54 Å². The lowest BCUT2D eigenvalue weighted by atomic mass is 10.1. The molecule has 2 aromatic carbocycles. The van der Waals surface area contributed by atoms with Gasteiger partial charge in [0.2, 0.25) is 0 Å². The van der Waals surface area contributed by atoms with Gasteiger partial charge in [-0.25, -0.2) is 4.98 Å². The van der Waals surface area contributed by atoms with E-state index in [4.69, 9.17) is 5.73 Å². The molecule has 3 N–H and O–H groups in total. The van der Waals surface area contributed by atoms with Gasteiger partial charge in [-0.15, -0.1) is 0 Å². The van der Waals surface area contributed by atoms with Gasteiger partial charge in [0.15, 0.2) is 0 Å². The first kappa shape index (κ1) is 16.2. The van der Waals surface area contributed by atoms with Gasteiger partial charge in [-0.3, -0.25) is 4.79 Å². The predicted octanol–water partition coefficient (Wildman–Crippen LogP) is 2.62. The summed E-state index contributed by atoms with van der Waals surface area (Å²) in [6.45, 7) is 3.96. The molecule has 0 aliphatic heterocycles. The summed E-state index contributed by atoms with van der Waals surface area (Å²) in [6.07, 6.45) is 0.855. The summed E-state index contributed by atoms with van der Waals surface area (Å²) in [5.74, 6) is 0.950. The van der Waals surface area contributed by atoms with E-state index in [0.717, 1.165) is 35.4 Å². The van der Waals surface area contributed by atoms with Crippen molar-refractivity contribution in [2.24, 2.45) is 5.73 Å². The number of imidazole rings is 1. The number of carbonyl (C=O) groups excluding carboxylic acids is 1. The van der Waals surface area contributed by atoms with Gasteiger partial charge in [-0.05, 0) is 43.2 Å². The third kappa shape index (κ3) is 3.46. The van der Waals surface area contributed by atoms with E-state index in [-0.39, 0.29) is 5.91 Å². The van der Waals surface area contributed by atoms with Gasteiger partial charge in [0, 0.05) is 25.2 Å². The maximum atomic E-state index is 12.1. The average Bonchev–Trinajstić information content (AvgIpc) is 2.94. The fourth-order valence-electron chi connectivity index (χ4n) is 2.81. The number of nitrogens with one attached hydrogen (secondary N) is 1. The van der Waals surface area contributed by atoms with Crippen molar-refractivity contribution in [1.29, 1.82) is 0 Å². The highest BCUT2D eigenvalue weighted by Gasteiger charge is 2.07. The van der Waals surface area contributed by atoms with Crippen LogP contribution in [0.4, 0.5) is 0 Å². The van der Waals surface area contributed by atoms with Crippen LogP contribution in [0.1, 0.15) is 28.2 Å². The monoisotopic (exact) mass is 322 g/mol. The van der Waals surface area contributed by atoms with Gasteiger partial charge in [0.05, 0.1) is 11.0 Å². The van der Waals surface area contributed by atoms with Crippen molar-refractivity contribution < 1.29 is 4.79 Å². The molecule has 0 atom stereocenters. The van der Waals surface area contributed by atoms with Crippen LogP contribution in [0.15, 0.2) is 48.5 Å². The van der Waals surface area contributed by atoms with Crippen LogP contribution in [0.3, 0.4) is 0 Å². The Morgan fingerprint density at radius 3 is 2.67 bits per heavy atom. The highest BCUT2D eigenvalue weighted by Crippen LogP contribution is 2.15. The van der Waals surface area contributed by atoms with E-state index >= 15 is 0 Å². The number of rotatable bonds is 6. The molecule has 0 saturated carbocycles. The molecule has 3 rings (SSSR count). The minimum absolute atomic E-state index is 0.0502. The predicted molar refractivity (Wildman–Crippen MR) is 95.8 cm³/mol. The number of hydrogen-bond donors (Lipinski definition) is 2. The molecule has 0 spiro atoms. The Labute approximate surface area is 141 Å². The number of hydrogen-bond acceptors (Lipinski definition) is 3. The molecule has 0 aliphatic rings. The Morgan fingerprint density at radius 2 is 1.92 bits per heavy atom. The molecule has 5 nitrogen and oxygen atoms in total. The van der Waals surface area contributed by atoms with Crippen molar-refractivity contribution in [3.63, 3.8) is 0 Å². The van der Waals surface area contributed by atoms with Gasteiger partial charge in [0.1, 0.15) is 5.82 Å². The summed E-state index contributed by atoms with van der Waals surface area (Å²) >= 11 is 0. The normalized spacial score (nSPS) is 10.9. The lowest BCUT2D eigenvalue weighted by molar-refractivity contribution is 0.0953. The lowest BCUT2D eigenvalue weighted by Gasteiger charge is -2.08. The van der Waals surface area contributed by atoms with Crippen LogP contribution in [0.5, 0.6) is 0 Å². The second kappa shape index (κ2) is 7.27. The van der Waals surface area contributed by atoms with E-state index in [1.54, 1.807) is 0 Å². The first-order valence-corrected chi connectivity index (χ1v) is 8.18. The van der Waals surface area contributed by atoms with Gasteiger partial charge in [-0.1, -0.05) is 24.3 Å². The van der Waals surface area contributed by atoms with E-state index in [0.29, 0.717) is 18.7 Å². The molecule has 5 heteroatoms. The molecule has 0 radical (unpaired) electrons. The van der Waals surface area contributed by atoms with Crippen molar-refractivity contribution >= 4 is 16.9 Å². The van der Waals surface area contributed by atoms with Crippen molar-refractivity contribution in [1.82, 2.24) is 14.9 Å². The minimum Gasteiger partial charge on any atom is -0.352 e. The summed E-state index contributed by atoms with van der Waals surface area (Å²) in [5, 5.41) is 2.96. The Balaban J connectivity index is 1.54. The number of carbonyl (C=O) groups is 1. The van der Waals surface area contributed by atoms with E-state index in [2.05, 4.69) is 20.9 Å². The van der Waals surface area contributed by atoms with Crippen LogP contribution in [0.2, 0.25) is 0 Å². The van der Waals surface area contributed by atoms with Crippen LogP contribution in [-0.2, 0) is 13.1 Å². The van der Waals surface area contributed by atoms with Gasteiger partial charge in [-0.2, -0.15) is 0 Å². The molecule has 0 aliphatic carbocycles. The Hall–Kier alpha value is -2.66. The number of amides is 1. The number of para-hydroxylation sites is 2. The summed E-state index contributed by atoms with van der Waals surface area (Å²) in [6, 6.07) is 15.5. The third-order valence-corrected chi connectivity index (χ3v) is 4.14. The number of aryl methyl sites for hydroxylation is 2. The summed E-state index contributed by atoms with van der Waals surface area (Å²) in [4.78, 5) is 16.7. The van der Waals surface area contributed by atoms with Crippen LogP contribution in [0.25, 0.3) is 11.0 Å². The molecule has 1 aromatic heterocycles. The van der Waals surface area contributed by atoms with Crippen LogP contribution >= 0.6 is 0 Å². The molecule has 124 valence electrons. The summed E-state index contributed by atoms with van der Waals surface area (Å²) < 4.78 is 2.19. The average molecular weight is 322 g/mol. The van der Waals surface area contributed by atoms with E-state index in [1.165, 1.54) is 0 Å². The zero-order valence-corrected chi connectivity index (χ0v) is 13.8. The number of aromatic nitrogens is 2. The minimum atomic E-state index is -0.0502. The summed E-state index contributed by atoms with van der Waals surface area (Å²) in [5.41, 5.74) is 9.40. The van der Waals surface area contributed by atoms with Gasteiger partial charge in [0.25, 0.3) is 5.91 Å². The highest BCUT2D eigenvalue weighted by molar-refractivity contribution is 5.94. The second-order valence-electron chi connectivity index (χ2n) is 5.81. The SMILES string of the molecule is Cc1nc2ccccc2n1CCCNC(=O)c1ccc(CN)cc1. The zero-order chi connectivity index (χ0) is 16.9. The third-order valence-electron chi connectivity index (χ3n) is 4.14. The molecule has 0 bridgehead atoms. The molecule has 24 heavy (non-hydrogen) atoms. The first-order chi connectivity index (χ1) is 11.7. The van der Waals surface area contributed by atoms with Crippen molar-refractivity contribution in [2.45, 2.75) is 26.4 Å². The smallest absolute Gasteiger partial charge is 0.251 e. The Kier molecular flexibility index (Phi) is 4.91. The fraction of sp³-hybridized carbons (Fsp3) is 0.263. The summed E-state index contributed by atoms with van der Waals surface area (Å²) in [7, 11) is 0. The van der Waals surface area contributed by atoms with E-state index < -0.39 is 0 Å². The number of nitrogens with zero attached hydrogens (tertiary/aromatic N) is 2. The fourth-order valence-corrected chi connectivity index (χ4v) is 2.81. The maximum absolute atomic E-state index is 12.1. The molecule has 1 amide bonds. The van der Waals surface area contributed by atoms with Crippen LogP contribution < -0.4 is 11.1 Å². The topological polar surface area (TPSA) is 72.9 Å². The lowest BCUT2D eigenvalue weighted by Crippen LogP contribution is -2.25. The maximum Gasteiger partial charge on any atom is 0.251 e. The Morgan fingerprint density at radius 1 is 1.17 bits per heavy atom. The zero-order valence-electron chi connectivity index (χ0n) is 13.8. The number of fused-ring (bicyclic) bond motifs is 1. The molecule has 1 heterocycles. The number of nitrogens with two attached hydrogens (primary N) is 1. The molecule has 0 saturated heterocycles. The Bertz CT molecular complexity index is 836. The van der Waals surface area contributed by atoms with E-state index in [9.17, 15) is 4.79 Å². The van der Waals surface area contributed by atoms with Gasteiger partial charge < -0.3 is 15.6 Å². The highest BCUT2D eigenvalue weighted by atomic mass is 16.1. The quantitative estimate of drug-likeness (QED) is 0.685. The van der Waals surface area contributed by atoms with Gasteiger partial charge >= 0.3 is 0 Å². The molecule has 0 fully saturated rings. The van der Waals surface area contributed by atoms with Crippen molar-refractivity contribution in [3.05, 3.63) is 65.5 Å².